The predicted octanol–water partition coefficient (Wildman–Crippen LogP) is 3.20. The molecular weight excluding hydrogens is 340 g/mol. The minimum absolute atomic E-state index is 0.0103. The molecule has 0 saturated heterocycles. The van der Waals surface area contributed by atoms with Crippen LogP contribution in [0.5, 0.6) is 0 Å². The van der Waals surface area contributed by atoms with Crippen molar-refractivity contribution in [2.75, 3.05) is 6.54 Å². The van der Waals surface area contributed by atoms with Crippen LogP contribution in [0.15, 0.2) is 53.9 Å². The number of thiophene rings is 1. The van der Waals surface area contributed by atoms with E-state index >= 15 is 0 Å². The summed E-state index contributed by atoms with van der Waals surface area (Å²) in [6.07, 6.45) is -0.674. The third-order valence-electron chi connectivity index (χ3n) is 3.87. The quantitative estimate of drug-likeness (QED) is 0.524. The molecular formula is C18H16N2O4S. The Morgan fingerprint density at radius 2 is 1.92 bits per heavy atom. The van der Waals surface area contributed by atoms with Gasteiger partial charge >= 0.3 is 0 Å². The summed E-state index contributed by atoms with van der Waals surface area (Å²) in [4.78, 5) is 22.2. The number of aliphatic hydroxyl groups is 1. The minimum atomic E-state index is -0.781. The lowest BCUT2D eigenvalue weighted by atomic mass is 10.1. The number of hydrogen-bond acceptors (Lipinski definition) is 5. The fourth-order valence-corrected chi connectivity index (χ4v) is 3.57. The molecule has 0 saturated carbocycles. The van der Waals surface area contributed by atoms with Gasteiger partial charge in [-0.1, -0.05) is 30.3 Å². The number of hydrogen-bond donors (Lipinski definition) is 2. The molecule has 2 N–H and O–H groups in total. The van der Waals surface area contributed by atoms with Gasteiger partial charge in [-0.25, -0.2) is 0 Å². The fourth-order valence-electron chi connectivity index (χ4n) is 2.56. The molecule has 0 radical (unpaired) electrons. The third kappa shape index (κ3) is 4.01. The number of benzene rings is 2. The number of nitro groups is 1. The average molecular weight is 356 g/mol. The Kier molecular flexibility index (Phi) is 5.06. The van der Waals surface area contributed by atoms with Gasteiger partial charge in [-0.2, -0.15) is 0 Å². The van der Waals surface area contributed by atoms with Crippen LogP contribution in [-0.4, -0.2) is 22.5 Å². The minimum Gasteiger partial charge on any atom is -0.387 e. The van der Waals surface area contributed by atoms with Crippen LogP contribution < -0.4 is 5.32 Å². The Balaban J connectivity index is 1.57. The molecule has 1 heterocycles. The lowest BCUT2D eigenvalue weighted by molar-refractivity contribution is -0.384. The zero-order chi connectivity index (χ0) is 17.8. The van der Waals surface area contributed by atoms with Crippen molar-refractivity contribution in [2.24, 2.45) is 0 Å². The molecule has 0 aliphatic rings. The maximum absolute atomic E-state index is 12.0. The van der Waals surface area contributed by atoms with Gasteiger partial charge in [0.1, 0.15) is 0 Å². The Bertz CT molecular complexity index is 905. The number of carbonyl (C=O) groups excluding carboxylic acids is 1. The maximum Gasteiger partial charge on any atom is 0.269 e. The molecule has 2 aromatic carbocycles. The smallest absolute Gasteiger partial charge is 0.269 e. The average Bonchev–Trinajstić information content (AvgIpc) is 3.04. The van der Waals surface area contributed by atoms with Crippen LogP contribution in [0.25, 0.3) is 10.1 Å². The fraction of sp³-hybridized carbons (Fsp3) is 0.167. The Morgan fingerprint density at radius 3 is 2.64 bits per heavy atom. The highest BCUT2D eigenvalue weighted by atomic mass is 32.1. The second kappa shape index (κ2) is 7.42. The molecule has 1 amide bonds. The van der Waals surface area contributed by atoms with Gasteiger partial charge in [-0.15, -0.1) is 11.3 Å². The predicted molar refractivity (Wildman–Crippen MR) is 96.6 cm³/mol. The summed E-state index contributed by atoms with van der Waals surface area (Å²) in [6.45, 7) is 0.118. The number of nitrogens with zero attached hydrogens (tertiary/aromatic N) is 1. The van der Waals surface area contributed by atoms with Crippen molar-refractivity contribution >= 4 is 33.0 Å². The molecule has 7 heteroatoms. The first kappa shape index (κ1) is 17.1. The highest BCUT2D eigenvalue weighted by Gasteiger charge is 2.14. The SMILES string of the molecule is O=C(Cc1ccc([N+](=O)[O-])cc1)NCC(O)c1csc2ccccc12. The van der Waals surface area contributed by atoms with E-state index in [-0.39, 0.29) is 24.6 Å². The van der Waals surface area contributed by atoms with Crippen LogP contribution >= 0.6 is 11.3 Å². The molecule has 0 aliphatic heterocycles. The number of aliphatic hydroxyl groups excluding tert-OH is 1. The Labute approximate surface area is 147 Å². The number of nitrogens with one attached hydrogen (secondary N) is 1. The number of non-ortho nitro benzene ring substituents is 1. The normalized spacial score (nSPS) is 12.0. The first-order valence-corrected chi connectivity index (χ1v) is 8.57. The first-order chi connectivity index (χ1) is 12.0. The van der Waals surface area contributed by atoms with Gasteiger partial charge in [0, 0.05) is 28.9 Å². The lowest BCUT2D eigenvalue weighted by Crippen LogP contribution is -2.29. The lowest BCUT2D eigenvalue weighted by Gasteiger charge is -2.11. The van der Waals surface area contributed by atoms with E-state index in [1.165, 1.54) is 12.1 Å². The molecule has 6 nitrogen and oxygen atoms in total. The zero-order valence-electron chi connectivity index (χ0n) is 13.2. The monoisotopic (exact) mass is 356 g/mol. The van der Waals surface area contributed by atoms with Gasteiger partial charge in [-0.3, -0.25) is 14.9 Å². The van der Waals surface area contributed by atoms with Gasteiger partial charge in [-0.05, 0) is 22.4 Å². The van der Waals surface area contributed by atoms with E-state index in [2.05, 4.69) is 5.32 Å². The van der Waals surface area contributed by atoms with Gasteiger partial charge < -0.3 is 10.4 Å². The molecule has 25 heavy (non-hydrogen) atoms. The highest BCUT2D eigenvalue weighted by Crippen LogP contribution is 2.29. The van der Waals surface area contributed by atoms with E-state index in [9.17, 15) is 20.0 Å². The molecule has 0 bridgehead atoms. The second-order valence-electron chi connectivity index (χ2n) is 5.61. The summed E-state index contributed by atoms with van der Waals surface area (Å²) >= 11 is 1.56. The van der Waals surface area contributed by atoms with E-state index in [1.54, 1.807) is 23.5 Å². The van der Waals surface area contributed by atoms with Gasteiger partial charge in [0.25, 0.3) is 5.69 Å². The summed E-state index contributed by atoms with van der Waals surface area (Å²) in [5.41, 5.74) is 1.47. The summed E-state index contributed by atoms with van der Waals surface area (Å²) < 4.78 is 1.09. The van der Waals surface area contributed by atoms with Crippen LogP contribution in [0.2, 0.25) is 0 Å². The second-order valence-corrected chi connectivity index (χ2v) is 6.52. The number of rotatable bonds is 6. The van der Waals surface area contributed by atoms with E-state index in [1.807, 2.05) is 29.6 Å². The molecule has 1 aromatic heterocycles. The summed E-state index contributed by atoms with van der Waals surface area (Å²) in [6, 6.07) is 13.6. The molecule has 0 spiro atoms. The largest absolute Gasteiger partial charge is 0.387 e. The van der Waals surface area contributed by atoms with Crippen molar-refractivity contribution in [1.29, 1.82) is 0 Å². The van der Waals surface area contributed by atoms with E-state index < -0.39 is 11.0 Å². The van der Waals surface area contributed by atoms with Crippen molar-refractivity contribution in [3.63, 3.8) is 0 Å². The van der Waals surface area contributed by atoms with Crippen molar-refractivity contribution < 1.29 is 14.8 Å². The molecule has 0 fully saturated rings. The number of carbonyl (C=O) groups is 1. The van der Waals surface area contributed by atoms with Crippen LogP contribution in [0.4, 0.5) is 5.69 Å². The van der Waals surface area contributed by atoms with Crippen molar-refractivity contribution in [3.8, 4) is 0 Å². The van der Waals surface area contributed by atoms with Gasteiger partial charge in [0.05, 0.1) is 17.4 Å². The molecule has 1 unspecified atom stereocenters. The summed E-state index contributed by atoms with van der Waals surface area (Å²) in [7, 11) is 0. The van der Waals surface area contributed by atoms with Crippen molar-refractivity contribution in [2.45, 2.75) is 12.5 Å². The summed E-state index contributed by atoms with van der Waals surface area (Å²) in [5.74, 6) is -0.243. The maximum atomic E-state index is 12.0. The highest BCUT2D eigenvalue weighted by molar-refractivity contribution is 7.17. The Morgan fingerprint density at radius 1 is 1.20 bits per heavy atom. The number of fused-ring (bicyclic) bond motifs is 1. The first-order valence-electron chi connectivity index (χ1n) is 7.69. The van der Waals surface area contributed by atoms with E-state index in [0.717, 1.165) is 15.6 Å². The van der Waals surface area contributed by atoms with E-state index in [4.69, 9.17) is 0 Å². The van der Waals surface area contributed by atoms with Crippen molar-refractivity contribution in [3.05, 3.63) is 75.2 Å². The zero-order valence-corrected chi connectivity index (χ0v) is 14.0. The molecule has 128 valence electrons. The standard InChI is InChI=1S/C18H16N2O4S/c21-16(15-11-25-17-4-2-1-3-14(15)17)10-19-18(22)9-12-5-7-13(8-6-12)20(23)24/h1-8,11,16,21H,9-10H2,(H,19,22). The molecule has 3 aromatic rings. The summed E-state index contributed by atoms with van der Waals surface area (Å²) in [5, 5.41) is 26.5. The van der Waals surface area contributed by atoms with Crippen LogP contribution in [0.1, 0.15) is 17.2 Å². The molecule has 1 atom stereocenters. The van der Waals surface area contributed by atoms with Crippen LogP contribution in [-0.2, 0) is 11.2 Å². The molecule has 0 aliphatic carbocycles. The topological polar surface area (TPSA) is 92.5 Å². The molecule has 3 rings (SSSR count). The van der Waals surface area contributed by atoms with Crippen LogP contribution in [0.3, 0.4) is 0 Å². The number of nitro benzene ring substituents is 1. The van der Waals surface area contributed by atoms with Gasteiger partial charge in [0.2, 0.25) is 5.91 Å². The third-order valence-corrected chi connectivity index (χ3v) is 4.86. The Hall–Kier alpha value is -2.77. The van der Waals surface area contributed by atoms with Crippen molar-refractivity contribution in [1.82, 2.24) is 5.32 Å². The van der Waals surface area contributed by atoms with Crippen LogP contribution in [0, 0.1) is 10.1 Å². The van der Waals surface area contributed by atoms with Gasteiger partial charge in [0.15, 0.2) is 0 Å². The number of amides is 1. The van der Waals surface area contributed by atoms with E-state index in [0.29, 0.717) is 5.56 Å².